The number of carbonyl (C=O) groups excluding carboxylic acids is 2. The topological polar surface area (TPSA) is 124 Å². The van der Waals surface area contributed by atoms with Crippen LogP contribution in [0.5, 0.6) is 0 Å². The Kier molecular flexibility index (Phi) is 2.59. The first-order valence-electron chi connectivity index (χ1n) is 4.83. The van der Waals surface area contributed by atoms with Crippen LogP contribution in [0.3, 0.4) is 0 Å². The third-order valence-electron chi connectivity index (χ3n) is 3.12. The highest BCUT2D eigenvalue weighted by atomic mass is 16.6. The predicted octanol–water partition coefficient (Wildman–Crippen LogP) is -3.26. The average Bonchev–Trinajstić information content (AvgIpc) is 2.46. The van der Waals surface area contributed by atoms with E-state index < -0.39 is 54.6 Å². The molecule has 0 aromatic carbocycles. The Balaban J connectivity index is 2.38. The number of aliphatic hydroxyl groups is 4. The van der Waals surface area contributed by atoms with Crippen LogP contribution >= 0.6 is 0 Å². The summed E-state index contributed by atoms with van der Waals surface area (Å²) in [5.41, 5.74) is -2.39. The molecule has 2 rings (SSSR count). The van der Waals surface area contributed by atoms with Gasteiger partial charge in [-0.1, -0.05) is 0 Å². The van der Waals surface area contributed by atoms with Gasteiger partial charge in [-0.15, -0.1) is 0 Å². The van der Waals surface area contributed by atoms with Gasteiger partial charge in [0.05, 0.1) is 13.0 Å². The van der Waals surface area contributed by atoms with Crippen molar-refractivity contribution in [3.05, 3.63) is 0 Å². The third-order valence-corrected chi connectivity index (χ3v) is 3.12. The first kappa shape index (κ1) is 11.6. The first-order chi connectivity index (χ1) is 7.42. The predicted molar refractivity (Wildman–Crippen MR) is 47.3 cm³/mol. The van der Waals surface area contributed by atoms with E-state index in [1.165, 1.54) is 0 Å². The van der Waals surface area contributed by atoms with E-state index >= 15 is 0 Å². The van der Waals surface area contributed by atoms with E-state index in [2.05, 4.69) is 0 Å². The van der Waals surface area contributed by atoms with Gasteiger partial charge >= 0.3 is 0 Å². The maximum absolute atomic E-state index is 11.4. The standard InChI is InChI=1S/C9H12O7/c10-2-4-6(13)7(14)9(15)5(12)1-3(11)8(9)16-4/h4,6-8,10,13-15H,1-2H2/t4-,6-,7+,8?,9-/m1/s1. The summed E-state index contributed by atoms with van der Waals surface area (Å²) in [6.45, 7) is -0.619. The van der Waals surface area contributed by atoms with Crippen molar-refractivity contribution in [2.45, 2.75) is 36.4 Å². The van der Waals surface area contributed by atoms with Gasteiger partial charge in [-0.2, -0.15) is 0 Å². The summed E-state index contributed by atoms with van der Waals surface area (Å²) in [6, 6.07) is 0. The Bertz CT molecular complexity index is 341. The number of rotatable bonds is 1. The summed E-state index contributed by atoms with van der Waals surface area (Å²) in [4.78, 5) is 22.8. The fourth-order valence-electron chi connectivity index (χ4n) is 2.15. The third kappa shape index (κ3) is 1.26. The second kappa shape index (κ2) is 3.57. The number of hydrogen-bond acceptors (Lipinski definition) is 7. The lowest BCUT2D eigenvalue weighted by atomic mass is 9.83. The monoisotopic (exact) mass is 232 g/mol. The second-order valence-electron chi connectivity index (χ2n) is 4.06. The van der Waals surface area contributed by atoms with Gasteiger partial charge in [0.2, 0.25) is 0 Å². The average molecular weight is 232 g/mol. The van der Waals surface area contributed by atoms with E-state index in [4.69, 9.17) is 9.84 Å². The van der Waals surface area contributed by atoms with Gasteiger partial charge in [-0.3, -0.25) is 9.59 Å². The Morgan fingerprint density at radius 2 is 2.00 bits per heavy atom. The fourth-order valence-corrected chi connectivity index (χ4v) is 2.15. The van der Waals surface area contributed by atoms with Crippen molar-refractivity contribution in [2.75, 3.05) is 6.61 Å². The van der Waals surface area contributed by atoms with Crippen LogP contribution in [-0.2, 0) is 14.3 Å². The molecule has 2 fully saturated rings. The number of ketones is 2. The highest BCUT2D eigenvalue weighted by Gasteiger charge is 2.65. The SMILES string of the molecule is O=C1CC(=O)[C@]2(O)C1O[C@H](CO)[C@@H](O)[C@@H]2O. The van der Waals surface area contributed by atoms with E-state index in [1.54, 1.807) is 0 Å². The zero-order chi connectivity index (χ0) is 12.1. The van der Waals surface area contributed by atoms with Crippen LogP contribution in [0.25, 0.3) is 0 Å². The summed E-state index contributed by atoms with van der Waals surface area (Å²) in [5, 5.41) is 37.9. The largest absolute Gasteiger partial charge is 0.394 e. The van der Waals surface area contributed by atoms with Gasteiger partial charge in [0, 0.05) is 0 Å². The number of ether oxygens (including phenoxy) is 1. The van der Waals surface area contributed by atoms with Crippen molar-refractivity contribution in [1.82, 2.24) is 0 Å². The Morgan fingerprint density at radius 1 is 1.38 bits per heavy atom. The number of aliphatic hydroxyl groups excluding tert-OH is 3. The molecule has 1 saturated carbocycles. The second-order valence-corrected chi connectivity index (χ2v) is 4.06. The number of carbonyl (C=O) groups is 2. The summed E-state index contributed by atoms with van der Waals surface area (Å²) in [6.07, 6.45) is -6.67. The molecule has 90 valence electrons. The highest BCUT2D eigenvalue weighted by molar-refractivity contribution is 6.14. The molecule has 0 spiro atoms. The quantitative estimate of drug-likeness (QED) is 0.350. The lowest BCUT2D eigenvalue weighted by molar-refractivity contribution is -0.251. The lowest BCUT2D eigenvalue weighted by Crippen LogP contribution is -2.68. The zero-order valence-electron chi connectivity index (χ0n) is 8.24. The molecular weight excluding hydrogens is 220 g/mol. The Labute approximate surface area is 90.3 Å². The normalized spacial score (nSPS) is 48.2. The molecule has 7 nitrogen and oxygen atoms in total. The molecular formula is C9H12O7. The van der Waals surface area contributed by atoms with E-state index in [-0.39, 0.29) is 0 Å². The van der Waals surface area contributed by atoms with Crippen LogP contribution in [0.1, 0.15) is 6.42 Å². The van der Waals surface area contributed by atoms with E-state index in [1.807, 2.05) is 0 Å². The molecule has 0 amide bonds. The van der Waals surface area contributed by atoms with Gasteiger partial charge in [0.1, 0.15) is 18.3 Å². The molecule has 0 aromatic heterocycles. The summed E-state index contributed by atoms with van der Waals surface area (Å²) < 4.78 is 4.95. The maximum Gasteiger partial charge on any atom is 0.185 e. The molecule has 2 aliphatic rings. The van der Waals surface area contributed by atoms with Crippen molar-refractivity contribution in [2.24, 2.45) is 0 Å². The lowest BCUT2D eigenvalue weighted by Gasteiger charge is -2.43. The van der Waals surface area contributed by atoms with Crippen LogP contribution in [0.4, 0.5) is 0 Å². The Hall–Kier alpha value is -0.860. The minimum absolute atomic E-state index is 0.539. The van der Waals surface area contributed by atoms with Crippen LogP contribution in [0.2, 0.25) is 0 Å². The highest BCUT2D eigenvalue weighted by Crippen LogP contribution is 2.37. The van der Waals surface area contributed by atoms with Crippen molar-refractivity contribution in [1.29, 1.82) is 0 Å². The van der Waals surface area contributed by atoms with Crippen molar-refractivity contribution < 1.29 is 34.8 Å². The van der Waals surface area contributed by atoms with Crippen LogP contribution < -0.4 is 0 Å². The molecule has 5 atom stereocenters. The maximum atomic E-state index is 11.4. The summed E-state index contributed by atoms with van der Waals surface area (Å²) in [5.74, 6) is -1.53. The van der Waals surface area contributed by atoms with Gasteiger partial charge < -0.3 is 25.2 Å². The molecule has 1 aliphatic carbocycles. The van der Waals surface area contributed by atoms with Gasteiger partial charge in [0.25, 0.3) is 0 Å². The van der Waals surface area contributed by atoms with Crippen LogP contribution in [-0.4, -0.2) is 68.6 Å². The fraction of sp³-hybridized carbons (Fsp3) is 0.778. The minimum Gasteiger partial charge on any atom is -0.394 e. The van der Waals surface area contributed by atoms with Gasteiger partial charge in [-0.05, 0) is 0 Å². The van der Waals surface area contributed by atoms with Crippen molar-refractivity contribution >= 4 is 11.6 Å². The molecule has 4 N–H and O–H groups in total. The molecule has 0 radical (unpaired) electrons. The summed E-state index contributed by atoms with van der Waals surface area (Å²) >= 11 is 0. The molecule has 0 aromatic rings. The van der Waals surface area contributed by atoms with Gasteiger partial charge in [0.15, 0.2) is 23.3 Å². The van der Waals surface area contributed by atoms with Gasteiger partial charge in [-0.25, -0.2) is 0 Å². The van der Waals surface area contributed by atoms with Crippen LogP contribution in [0.15, 0.2) is 0 Å². The van der Waals surface area contributed by atoms with Crippen molar-refractivity contribution in [3.63, 3.8) is 0 Å². The first-order valence-corrected chi connectivity index (χ1v) is 4.83. The molecule has 1 aliphatic heterocycles. The minimum atomic E-state index is -2.39. The molecule has 7 heteroatoms. The van der Waals surface area contributed by atoms with E-state index in [0.29, 0.717) is 0 Å². The zero-order valence-corrected chi connectivity index (χ0v) is 8.24. The molecule has 1 saturated heterocycles. The smallest absolute Gasteiger partial charge is 0.185 e. The molecule has 1 heterocycles. The molecule has 16 heavy (non-hydrogen) atoms. The van der Waals surface area contributed by atoms with E-state index in [0.717, 1.165) is 0 Å². The number of hydrogen-bond donors (Lipinski definition) is 4. The number of fused-ring (bicyclic) bond motifs is 1. The molecule has 1 unspecified atom stereocenters. The van der Waals surface area contributed by atoms with Crippen LogP contribution in [0, 0.1) is 0 Å². The van der Waals surface area contributed by atoms with Crippen molar-refractivity contribution in [3.8, 4) is 0 Å². The summed E-state index contributed by atoms with van der Waals surface area (Å²) in [7, 11) is 0. The molecule has 0 bridgehead atoms. The number of Topliss-reactive ketones (excluding diaryl/α,β-unsaturated/α-hetero) is 2. The Morgan fingerprint density at radius 3 is 2.56 bits per heavy atom. The van der Waals surface area contributed by atoms with E-state index in [9.17, 15) is 24.9 Å².